The van der Waals surface area contributed by atoms with E-state index in [9.17, 15) is 14.7 Å². The summed E-state index contributed by atoms with van der Waals surface area (Å²) in [5.41, 5.74) is 1.62. The van der Waals surface area contributed by atoms with E-state index in [0.29, 0.717) is 17.9 Å². The minimum Gasteiger partial charge on any atom is -0.480 e. The number of carboxylic acid groups (broad SMARTS) is 1. The van der Waals surface area contributed by atoms with Gasteiger partial charge in [-0.25, -0.2) is 4.79 Å². The molecule has 1 amide bonds. The molecular formula is C15H19NO3S. The van der Waals surface area contributed by atoms with Crippen molar-refractivity contribution in [1.29, 1.82) is 0 Å². The zero-order valence-electron chi connectivity index (χ0n) is 11.5. The van der Waals surface area contributed by atoms with Gasteiger partial charge >= 0.3 is 5.97 Å². The molecule has 20 heavy (non-hydrogen) atoms. The maximum Gasteiger partial charge on any atom is 0.326 e. The number of rotatable bonds is 2. The van der Waals surface area contributed by atoms with Crippen LogP contribution < -0.4 is 0 Å². The molecule has 0 aromatic carbocycles. The number of carbonyl (C=O) groups is 2. The molecule has 3 atom stereocenters. The van der Waals surface area contributed by atoms with E-state index in [1.807, 2.05) is 17.7 Å². The van der Waals surface area contributed by atoms with E-state index in [4.69, 9.17) is 0 Å². The second kappa shape index (κ2) is 5.20. The van der Waals surface area contributed by atoms with Gasteiger partial charge in [0.2, 0.25) is 0 Å². The summed E-state index contributed by atoms with van der Waals surface area (Å²) in [5, 5.41) is 13.2. The molecule has 108 valence electrons. The third-order valence-electron chi connectivity index (χ3n) is 4.69. The van der Waals surface area contributed by atoms with Crippen LogP contribution in [0.25, 0.3) is 0 Å². The smallest absolute Gasteiger partial charge is 0.326 e. The van der Waals surface area contributed by atoms with E-state index in [2.05, 4.69) is 0 Å². The fraction of sp³-hybridized carbons (Fsp3) is 0.600. The van der Waals surface area contributed by atoms with Crippen molar-refractivity contribution >= 4 is 23.2 Å². The summed E-state index contributed by atoms with van der Waals surface area (Å²) in [6, 6.07) is -0.522. The van der Waals surface area contributed by atoms with Gasteiger partial charge in [0, 0.05) is 11.4 Å². The zero-order chi connectivity index (χ0) is 14.3. The topological polar surface area (TPSA) is 57.6 Å². The molecule has 1 aromatic rings. The van der Waals surface area contributed by atoms with Crippen LogP contribution in [0.1, 0.15) is 48.0 Å². The zero-order valence-corrected chi connectivity index (χ0v) is 12.4. The Hall–Kier alpha value is -1.36. The molecular weight excluding hydrogens is 274 g/mol. The van der Waals surface area contributed by atoms with Gasteiger partial charge in [-0.1, -0.05) is 12.8 Å². The third kappa shape index (κ3) is 2.14. The van der Waals surface area contributed by atoms with E-state index < -0.39 is 12.0 Å². The van der Waals surface area contributed by atoms with Crippen molar-refractivity contribution in [3.63, 3.8) is 0 Å². The van der Waals surface area contributed by atoms with Crippen molar-refractivity contribution in [1.82, 2.24) is 4.90 Å². The lowest BCUT2D eigenvalue weighted by atomic mass is 9.84. The minimum absolute atomic E-state index is 0.0921. The molecule has 0 radical (unpaired) electrons. The molecule has 0 bridgehead atoms. The highest BCUT2D eigenvalue weighted by Gasteiger charge is 2.47. The first-order chi connectivity index (χ1) is 9.59. The highest BCUT2D eigenvalue weighted by molar-refractivity contribution is 7.08. The van der Waals surface area contributed by atoms with Gasteiger partial charge in [0.05, 0.1) is 5.56 Å². The van der Waals surface area contributed by atoms with Gasteiger partial charge in [0.1, 0.15) is 6.04 Å². The summed E-state index contributed by atoms with van der Waals surface area (Å²) < 4.78 is 0. The Kier molecular flexibility index (Phi) is 3.54. The Bertz CT molecular complexity index is 539. The molecule has 1 aliphatic carbocycles. The largest absolute Gasteiger partial charge is 0.480 e. The number of nitrogens with zero attached hydrogens (tertiary/aromatic N) is 1. The lowest BCUT2D eigenvalue weighted by Gasteiger charge is -2.33. The van der Waals surface area contributed by atoms with Gasteiger partial charge in [-0.2, -0.15) is 11.3 Å². The van der Waals surface area contributed by atoms with Crippen LogP contribution in [0.15, 0.2) is 10.8 Å². The Morgan fingerprint density at radius 1 is 1.30 bits per heavy atom. The van der Waals surface area contributed by atoms with Crippen LogP contribution in [0.5, 0.6) is 0 Å². The van der Waals surface area contributed by atoms with Gasteiger partial charge in [-0.05, 0) is 43.0 Å². The highest BCUT2D eigenvalue weighted by atomic mass is 32.1. The number of hydrogen-bond acceptors (Lipinski definition) is 3. The second-order valence-corrected chi connectivity index (χ2v) is 6.63. The molecule has 3 rings (SSSR count). The number of aryl methyl sites for hydroxylation is 1. The van der Waals surface area contributed by atoms with Gasteiger partial charge in [0.25, 0.3) is 5.91 Å². The molecule has 3 unspecified atom stereocenters. The van der Waals surface area contributed by atoms with Crippen LogP contribution in [0.2, 0.25) is 0 Å². The minimum atomic E-state index is -0.861. The summed E-state index contributed by atoms with van der Waals surface area (Å²) in [4.78, 5) is 26.0. The van der Waals surface area contributed by atoms with Crippen LogP contribution in [0.3, 0.4) is 0 Å². The number of carboxylic acids is 1. The number of carbonyl (C=O) groups excluding carboxylic acids is 1. The molecule has 1 aromatic heterocycles. The van der Waals surface area contributed by atoms with E-state index in [1.54, 1.807) is 4.90 Å². The Labute approximate surface area is 122 Å². The first-order valence-electron chi connectivity index (χ1n) is 7.18. The molecule has 1 saturated heterocycles. The van der Waals surface area contributed by atoms with Crippen molar-refractivity contribution in [2.45, 2.75) is 51.1 Å². The molecule has 1 N–H and O–H groups in total. The van der Waals surface area contributed by atoms with Crippen LogP contribution in [0, 0.1) is 12.8 Å². The maximum atomic E-state index is 12.8. The van der Waals surface area contributed by atoms with Crippen LogP contribution in [-0.4, -0.2) is 34.0 Å². The fourth-order valence-electron chi connectivity index (χ4n) is 3.69. The molecule has 2 fully saturated rings. The Morgan fingerprint density at radius 2 is 2.05 bits per heavy atom. The molecule has 1 saturated carbocycles. The monoisotopic (exact) mass is 293 g/mol. The molecule has 0 spiro atoms. The number of fused-ring (bicyclic) bond motifs is 1. The average molecular weight is 293 g/mol. The summed E-state index contributed by atoms with van der Waals surface area (Å²) in [5.74, 6) is -0.584. The van der Waals surface area contributed by atoms with Crippen LogP contribution in [-0.2, 0) is 4.79 Å². The van der Waals surface area contributed by atoms with Crippen molar-refractivity contribution < 1.29 is 14.7 Å². The van der Waals surface area contributed by atoms with Gasteiger partial charge < -0.3 is 10.0 Å². The summed E-state index contributed by atoms with van der Waals surface area (Å²) in [6.45, 7) is 1.91. The predicted molar refractivity (Wildman–Crippen MR) is 77.0 cm³/mol. The Balaban J connectivity index is 1.93. The van der Waals surface area contributed by atoms with Gasteiger partial charge in [-0.15, -0.1) is 0 Å². The van der Waals surface area contributed by atoms with Crippen molar-refractivity contribution in [3.8, 4) is 0 Å². The van der Waals surface area contributed by atoms with E-state index >= 15 is 0 Å². The van der Waals surface area contributed by atoms with Crippen LogP contribution in [0.4, 0.5) is 0 Å². The number of hydrogen-bond donors (Lipinski definition) is 1. The fourth-order valence-corrected chi connectivity index (χ4v) is 4.51. The SMILES string of the molecule is Cc1cscc1C(=O)N1C(C(=O)O)CC2CCCCC21. The third-order valence-corrected chi connectivity index (χ3v) is 5.55. The molecule has 1 aliphatic heterocycles. The first kappa shape index (κ1) is 13.6. The quantitative estimate of drug-likeness (QED) is 0.912. The Morgan fingerprint density at radius 3 is 2.70 bits per heavy atom. The van der Waals surface area contributed by atoms with E-state index in [-0.39, 0.29) is 11.9 Å². The molecule has 5 heteroatoms. The van der Waals surface area contributed by atoms with Gasteiger partial charge in [-0.3, -0.25) is 4.79 Å². The highest BCUT2D eigenvalue weighted by Crippen LogP contribution is 2.40. The molecule has 2 aliphatic rings. The number of likely N-dealkylation sites (tertiary alicyclic amines) is 1. The normalized spacial score (nSPS) is 29.2. The van der Waals surface area contributed by atoms with Crippen molar-refractivity contribution in [2.75, 3.05) is 0 Å². The predicted octanol–water partition coefficient (Wildman–Crippen LogP) is 2.91. The number of aliphatic carboxylic acids is 1. The van der Waals surface area contributed by atoms with Crippen molar-refractivity contribution in [2.24, 2.45) is 5.92 Å². The standard InChI is InChI=1S/C15H19NO3S/c1-9-7-20-8-11(9)14(17)16-12-5-3-2-4-10(12)6-13(16)15(18)19/h7-8,10,12-13H,2-6H2,1H3,(H,18,19). The maximum absolute atomic E-state index is 12.8. The summed E-state index contributed by atoms with van der Waals surface area (Å²) in [7, 11) is 0. The lowest BCUT2D eigenvalue weighted by molar-refractivity contribution is -0.141. The number of thiophene rings is 1. The van der Waals surface area contributed by atoms with E-state index in [1.165, 1.54) is 11.3 Å². The summed E-state index contributed by atoms with van der Waals surface area (Å²) >= 11 is 1.50. The lowest BCUT2D eigenvalue weighted by Crippen LogP contribution is -2.46. The number of amides is 1. The van der Waals surface area contributed by atoms with E-state index in [0.717, 1.165) is 31.2 Å². The summed E-state index contributed by atoms with van der Waals surface area (Å²) in [6.07, 6.45) is 4.88. The van der Waals surface area contributed by atoms with Gasteiger partial charge in [0.15, 0.2) is 0 Å². The molecule has 2 heterocycles. The first-order valence-corrected chi connectivity index (χ1v) is 8.12. The van der Waals surface area contributed by atoms with Crippen molar-refractivity contribution in [3.05, 3.63) is 21.9 Å². The van der Waals surface area contributed by atoms with Crippen LogP contribution >= 0.6 is 11.3 Å². The molecule has 4 nitrogen and oxygen atoms in total. The average Bonchev–Trinajstić information content (AvgIpc) is 3.01. The second-order valence-electron chi connectivity index (χ2n) is 5.88.